The van der Waals surface area contributed by atoms with Crippen LogP contribution in [0.1, 0.15) is 17.3 Å². The Morgan fingerprint density at radius 3 is 2.58 bits per heavy atom. The summed E-state index contributed by atoms with van der Waals surface area (Å²) in [5.74, 6) is -1.25. The first kappa shape index (κ1) is 15.4. The first-order valence-corrected chi connectivity index (χ1v) is 6.84. The third kappa shape index (κ3) is 3.66. The molecule has 0 fully saturated rings. The van der Waals surface area contributed by atoms with E-state index in [0.717, 1.165) is 12.1 Å². The smallest absolute Gasteiger partial charge is 0.335 e. The maximum atomic E-state index is 12.0. The van der Waals surface area contributed by atoms with Crippen LogP contribution in [0.3, 0.4) is 0 Å². The van der Waals surface area contributed by atoms with E-state index >= 15 is 0 Å². The van der Waals surface area contributed by atoms with Crippen LogP contribution in [0.4, 0.5) is 0 Å². The van der Waals surface area contributed by atoms with E-state index in [1.807, 2.05) is 0 Å². The number of hydrogen-bond acceptors (Lipinski definition) is 5. The summed E-state index contributed by atoms with van der Waals surface area (Å²) in [5, 5.41) is 17.7. The highest BCUT2D eigenvalue weighted by atomic mass is 32.2. The molecule has 3 N–H and O–H groups in total. The number of aliphatic hydroxyl groups excluding tert-OH is 1. The summed E-state index contributed by atoms with van der Waals surface area (Å²) in [6.07, 6.45) is 0. The van der Waals surface area contributed by atoms with Gasteiger partial charge in [-0.05, 0) is 25.1 Å². The average Bonchev–Trinajstić information content (AvgIpc) is 2.37. The lowest BCUT2D eigenvalue weighted by molar-refractivity contribution is 0.0696. The highest BCUT2D eigenvalue weighted by Crippen LogP contribution is 2.25. The molecule has 0 bridgehead atoms. The fraction of sp³-hybridized carbons (Fsp3) is 0.364. The lowest BCUT2D eigenvalue weighted by Crippen LogP contribution is -2.35. The second-order valence-corrected chi connectivity index (χ2v) is 5.56. The summed E-state index contributed by atoms with van der Waals surface area (Å²) in [5.41, 5.74) is -0.0778. The Bertz CT molecular complexity index is 569. The largest absolute Gasteiger partial charge is 0.495 e. The van der Waals surface area contributed by atoms with Crippen molar-refractivity contribution in [3.05, 3.63) is 23.8 Å². The Hall–Kier alpha value is -1.64. The number of ether oxygens (including phenoxy) is 1. The van der Waals surface area contributed by atoms with E-state index in [0.29, 0.717) is 0 Å². The molecule has 0 saturated heterocycles. The quantitative estimate of drug-likeness (QED) is 0.682. The molecule has 19 heavy (non-hydrogen) atoms. The van der Waals surface area contributed by atoms with Gasteiger partial charge in [-0.2, -0.15) is 0 Å². The standard InChI is InChI=1S/C11H15NO6S/c1-7(6-13)12-19(16,17)10-4-3-8(11(14)15)5-9(10)18-2/h3-5,7,12-13H,6H2,1-2H3,(H,14,15)/t7-/m1/s1. The number of carbonyl (C=O) groups is 1. The predicted octanol–water partition coefficient (Wildman–Crippen LogP) is 0.0525. The number of aromatic carboxylic acids is 1. The second kappa shape index (κ2) is 6.00. The van der Waals surface area contributed by atoms with Crippen molar-refractivity contribution in [3.8, 4) is 5.75 Å². The van der Waals surface area contributed by atoms with E-state index in [4.69, 9.17) is 14.9 Å². The summed E-state index contributed by atoms with van der Waals surface area (Å²) >= 11 is 0. The number of aliphatic hydroxyl groups is 1. The van der Waals surface area contributed by atoms with Crippen LogP contribution in [0, 0.1) is 0 Å². The van der Waals surface area contributed by atoms with Crippen molar-refractivity contribution in [3.63, 3.8) is 0 Å². The predicted molar refractivity (Wildman–Crippen MR) is 66.8 cm³/mol. The van der Waals surface area contributed by atoms with Gasteiger partial charge >= 0.3 is 5.97 Å². The number of rotatable bonds is 6. The van der Waals surface area contributed by atoms with Crippen molar-refractivity contribution >= 4 is 16.0 Å². The number of carboxylic acid groups (broad SMARTS) is 1. The maximum absolute atomic E-state index is 12.0. The summed E-state index contributed by atoms with van der Waals surface area (Å²) in [7, 11) is -2.64. The molecule has 0 aliphatic heterocycles. The molecule has 106 valence electrons. The SMILES string of the molecule is COc1cc(C(=O)O)ccc1S(=O)(=O)N[C@H](C)CO. The first-order chi connectivity index (χ1) is 8.81. The zero-order valence-electron chi connectivity index (χ0n) is 10.5. The molecule has 0 aliphatic rings. The molecule has 0 radical (unpaired) electrons. The van der Waals surface area contributed by atoms with Gasteiger partial charge in [0.2, 0.25) is 10.0 Å². The Morgan fingerprint density at radius 1 is 1.47 bits per heavy atom. The Kier molecular flexibility index (Phi) is 4.87. The van der Waals surface area contributed by atoms with Crippen LogP contribution >= 0.6 is 0 Å². The van der Waals surface area contributed by atoms with Gasteiger partial charge in [0.05, 0.1) is 19.3 Å². The van der Waals surface area contributed by atoms with E-state index < -0.39 is 22.0 Å². The van der Waals surface area contributed by atoms with E-state index in [-0.39, 0.29) is 22.8 Å². The molecule has 7 nitrogen and oxygen atoms in total. The number of benzene rings is 1. The molecule has 1 aromatic rings. The van der Waals surface area contributed by atoms with Gasteiger partial charge in [-0.1, -0.05) is 0 Å². The van der Waals surface area contributed by atoms with Crippen molar-refractivity contribution in [1.29, 1.82) is 0 Å². The van der Waals surface area contributed by atoms with Crippen molar-refractivity contribution < 1.29 is 28.2 Å². The van der Waals surface area contributed by atoms with Crippen LogP contribution < -0.4 is 9.46 Å². The van der Waals surface area contributed by atoms with E-state index in [2.05, 4.69) is 4.72 Å². The van der Waals surface area contributed by atoms with Gasteiger partial charge in [0, 0.05) is 6.04 Å². The lowest BCUT2D eigenvalue weighted by atomic mass is 10.2. The summed E-state index contributed by atoms with van der Waals surface area (Å²) in [6.45, 7) is 1.14. The zero-order chi connectivity index (χ0) is 14.6. The highest BCUT2D eigenvalue weighted by molar-refractivity contribution is 7.89. The second-order valence-electron chi connectivity index (χ2n) is 3.88. The topological polar surface area (TPSA) is 113 Å². The Labute approximate surface area is 110 Å². The van der Waals surface area contributed by atoms with Gasteiger partial charge in [-0.25, -0.2) is 17.9 Å². The Morgan fingerprint density at radius 2 is 2.11 bits per heavy atom. The van der Waals surface area contributed by atoms with E-state index in [1.54, 1.807) is 0 Å². The molecule has 1 atom stereocenters. The van der Waals surface area contributed by atoms with Crippen LogP contribution in [0.25, 0.3) is 0 Å². The minimum Gasteiger partial charge on any atom is -0.495 e. The summed E-state index contributed by atoms with van der Waals surface area (Å²) in [6, 6.07) is 2.78. The molecular formula is C11H15NO6S. The molecule has 0 amide bonds. The third-order valence-electron chi connectivity index (χ3n) is 2.33. The minimum absolute atomic E-state index is 0.0717. The van der Waals surface area contributed by atoms with Crippen molar-refractivity contribution in [1.82, 2.24) is 4.72 Å². The average molecular weight is 289 g/mol. The number of nitrogens with one attached hydrogen (secondary N) is 1. The van der Waals surface area contributed by atoms with Gasteiger partial charge in [-0.15, -0.1) is 0 Å². The molecular weight excluding hydrogens is 274 g/mol. The van der Waals surface area contributed by atoms with Crippen LogP contribution in [0.5, 0.6) is 5.75 Å². The molecule has 0 saturated carbocycles. The van der Waals surface area contributed by atoms with Crippen LogP contribution in [0.2, 0.25) is 0 Å². The zero-order valence-corrected chi connectivity index (χ0v) is 11.3. The molecule has 0 spiro atoms. The van der Waals surface area contributed by atoms with Crippen molar-refractivity contribution in [2.75, 3.05) is 13.7 Å². The normalized spacial score (nSPS) is 13.0. The summed E-state index contributed by atoms with van der Waals surface area (Å²) in [4.78, 5) is 10.6. The fourth-order valence-electron chi connectivity index (χ4n) is 1.39. The highest BCUT2D eigenvalue weighted by Gasteiger charge is 2.22. The number of carboxylic acids is 1. The fourth-order valence-corrected chi connectivity index (χ4v) is 2.77. The monoisotopic (exact) mass is 289 g/mol. The lowest BCUT2D eigenvalue weighted by Gasteiger charge is -2.14. The first-order valence-electron chi connectivity index (χ1n) is 5.36. The maximum Gasteiger partial charge on any atom is 0.335 e. The third-order valence-corrected chi connectivity index (χ3v) is 3.96. The molecule has 8 heteroatoms. The van der Waals surface area contributed by atoms with Gasteiger partial charge < -0.3 is 14.9 Å². The minimum atomic E-state index is -3.88. The van der Waals surface area contributed by atoms with Gasteiger partial charge in [-0.3, -0.25) is 0 Å². The van der Waals surface area contributed by atoms with Gasteiger partial charge in [0.25, 0.3) is 0 Å². The molecule has 0 aliphatic carbocycles. The Balaban J connectivity index is 3.23. The molecule has 0 aromatic heterocycles. The number of methoxy groups -OCH3 is 1. The number of sulfonamides is 1. The van der Waals surface area contributed by atoms with E-state index in [1.165, 1.54) is 20.1 Å². The molecule has 0 unspecified atom stereocenters. The summed E-state index contributed by atoms with van der Waals surface area (Å²) < 4.78 is 31.2. The van der Waals surface area contributed by atoms with Crippen LogP contribution in [-0.2, 0) is 10.0 Å². The van der Waals surface area contributed by atoms with Gasteiger partial charge in [0.15, 0.2) is 0 Å². The van der Waals surface area contributed by atoms with Crippen molar-refractivity contribution in [2.24, 2.45) is 0 Å². The van der Waals surface area contributed by atoms with E-state index in [9.17, 15) is 13.2 Å². The molecule has 0 heterocycles. The van der Waals surface area contributed by atoms with Crippen molar-refractivity contribution in [2.45, 2.75) is 17.9 Å². The van der Waals surface area contributed by atoms with Crippen LogP contribution in [-0.4, -0.2) is 44.4 Å². The molecule has 1 rings (SSSR count). The van der Waals surface area contributed by atoms with Gasteiger partial charge in [0.1, 0.15) is 10.6 Å². The molecule has 1 aromatic carbocycles. The number of hydrogen-bond donors (Lipinski definition) is 3. The van der Waals surface area contributed by atoms with Crippen LogP contribution in [0.15, 0.2) is 23.1 Å².